The molecule has 0 spiro atoms. The predicted molar refractivity (Wildman–Crippen MR) is 170 cm³/mol. The highest BCUT2D eigenvalue weighted by molar-refractivity contribution is 6.30. The van der Waals surface area contributed by atoms with Crippen LogP contribution >= 0.6 is 24.0 Å². The lowest BCUT2D eigenvalue weighted by molar-refractivity contribution is -0.153. The van der Waals surface area contributed by atoms with Gasteiger partial charge in [-0.1, -0.05) is 37.6 Å². The molecule has 4 rings (SSSR count). The fraction of sp³-hybridized carbons (Fsp3) is 0.758. The number of hydrogen-bond donors (Lipinski definition) is 1. The van der Waals surface area contributed by atoms with Crippen molar-refractivity contribution in [3.8, 4) is 0 Å². The van der Waals surface area contributed by atoms with Crippen molar-refractivity contribution in [2.24, 2.45) is 16.7 Å². The van der Waals surface area contributed by atoms with E-state index in [2.05, 4.69) is 56.6 Å². The molecule has 1 aromatic rings. The van der Waals surface area contributed by atoms with Crippen LogP contribution in [0.2, 0.25) is 5.02 Å². The lowest BCUT2D eigenvalue weighted by Crippen LogP contribution is -2.56. The molecule has 2 saturated heterocycles. The first-order valence-corrected chi connectivity index (χ1v) is 15.7. The fourth-order valence-electron chi connectivity index (χ4n) is 6.86. The van der Waals surface area contributed by atoms with Crippen molar-refractivity contribution in [2.75, 3.05) is 26.2 Å². The highest BCUT2D eigenvalue weighted by atomic mass is 35.5. The monoisotopic (exact) mass is 609 g/mol. The number of carbonyl (C=O) groups is 2. The quantitative estimate of drug-likeness (QED) is 0.406. The number of nitrogens with zero attached hydrogens (tertiary/aromatic N) is 3. The second-order valence-corrected chi connectivity index (χ2v) is 15.5. The van der Waals surface area contributed by atoms with Crippen LogP contribution in [-0.2, 0) is 9.59 Å². The zero-order valence-electron chi connectivity index (χ0n) is 26.5. The molecule has 0 bridgehead atoms. The Balaban J connectivity index is 0.00000462. The highest BCUT2D eigenvalue weighted by Crippen LogP contribution is 2.41. The molecule has 2 aliphatic heterocycles. The summed E-state index contributed by atoms with van der Waals surface area (Å²) in [4.78, 5) is 34.8. The number of amides is 2. The van der Waals surface area contributed by atoms with E-state index < -0.39 is 11.5 Å². The van der Waals surface area contributed by atoms with Gasteiger partial charge in [0.2, 0.25) is 11.8 Å². The molecule has 2 unspecified atom stereocenters. The van der Waals surface area contributed by atoms with Crippen molar-refractivity contribution in [1.29, 1.82) is 0 Å². The van der Waals surface area contributed by atoms with E-state index >= 15 is 0 Å². The van der Waals surface area contributed by atoms with E-state index in [0.29, 0.717) is 23.5 Å². The van der Waals surface area contributed by atoms with Crippen LogP contribution in [0.25, 0.3) is 0 Å². The van der Waals surface area contributed by atoms with Crippen molar-refractivity contribution in [3.05, 3.63) is 34.9 Å². The summed E-state index contributed by atoms with van der Waals surface area (Å²) in [5, 5.41) is 11.2. The van der Waals surface area contributed by atoms with E-state index in [-0.39, 0.29) is 53.7 Å². The van der Waals surface area contributed by atoms with E-state index in [1.165, 1.54) is 0 Å². The molecule has 1 saturated carbocycles. The Bertz CT molecular complexity index is 1060. The summed E-state index contributed by atoms with van der Waals surface area (Å²) in [6.45, 7) is 19.5. The lowest BCUT2D eigenvalue weighted by Gasteiger charge is -2.46. The summed E-state index contributed by atoms with van der Waals surface area (Å²) in [7, 11) is 0. The minimum absolute atomic E-state index is 0. The van der Waals surface area contributed by atoms with Crippen molar-refractivity contribution < 1.29 is 14.7 Å². The molecule has 0 aromatic heterocycles. The Labute approximate surface area is 259 Å². The van der Waals surface area contributed by atoms with Crippen LogP contribution in [-0.4, -0.2) is 81.5 Å². The average Bonchev–Trinajstić information content (AvgIpc) is 3.53. The van der Waals surface area contributed by atoms with Crippen LogP contribution in [0, 0.1) is 16.7 Å². The number of hydrogen-bond acceptors (Lipinski definition) is 4. The second kappa shape index (κ2) is 12.7. The van der Waals surface area contributed by atoms with Gasteiger partial charge in [0.25, 0.3) is 0 Å². The maximum absolute atomic E-state index is 14.2. The second-order valence-electron chi connectivity index (χ2n) is 15.1. The first-order valence-electron chi connectivity index (χ1n) is 15.3. The summed E-state index contributed by atoms with van der Waals surface area (Å²) in [5.41, 5.74) is 0.548. The first-order chi connectivity index (χ1) is 18.5. The van der Waals surface area contributed by atoms with E-state index in [9.17, 15) is 14.7 Å². The van der Waals surface area contributed by atoms with Crippen molar-refractivity contribution in [2.45, 2.75) is 117 Å². The van der Waals surface area contributed by atoms with Gasteiger partial charge in [-0.3, -0.25) is 14.5 Å². The van der Waals surface area contributed by atoms with Crippen molar-refractivity contribution >= 4 is 35.8 Å². The SMILES string of the molecule is CC(O)C(C)(C)C(=O)N(C1CCC(C)(C)CC1)[C@H]1CCN(C(=O)C2CN(C(C)(C)C)C[C@H]2c2ccc(Cl)cc2)C1.Cl. The Morgan fingerprint density at radius 3 is 2.10 bits per heavy atom. The molecule has 0 radical (unpaired) electrons. The number of benzene rings is 1. The van der Waals surface area contributed by atoms with Gasteiger partial charge in [-0.05, 0) is 96.8 Å². The summed E-state index contributed by atoms with van der Waals surface area (Å²) >= 11 is 6.19. The van der Waals surface area contributed by atoms with Gasteiger partial charge in [-0.2, -0.15) is 0 Å². The molecule has 41 heavy (non-hydrogen) atoms. The third-order valence-electron chi connectivity index (χ3n) is 10.3. The lowest BCUT2D eigenvalue weighted by atomic mass is 9.74. The average molecular weight is 611 g/mol. The fourth-order valence-corrected chi connectivity index (χ4v) is 6.98. The Kier molecular flexibility index (Phi) is 10.6. The van der Waals surface area contributed by atoms with Crippen LogP contribution in [0.4, 0.5) is 0 Å². The number of aliphatic hydroxyl groups is 1. The third kappa shape index (κ3) is 7.42. The molecule has 1 aromatic carbocycles. The molecule has 2 amide bonds. The predicted octanol–water partition coefficient (Wildman–Crippen LogP) is 6.38. The van der Waals surface area contributed by atoms with E-state index in [1.807, 2.05) is 30.9 Å². The number of carbonyl (C=O) groups excluding carboxylic acids is 2. The molecule has 3 fully saturated rings. The normalized spacial score (nSPS) is 26.5. The smallest absolute Gasteiger partial charge is 0.231 e. The number of aliphatic hydroxyl groups excluding tert-OH is 1. The molecule has 6 nitrogen and oxygen atoms in total. The summed E-state index contributed by atoms with van der Waals surface area (Å²) in [5.74, 6) is 0.190. The van der Waals surface area contributed by atoms with Gasteiger partial charge in [0.05, 0.1) is 23.5 Å². The molecule has 8 heteroatoms. The molecule has 4 atom stereocenters. The number of likely N-dealkylation sites (tertiary alicyclic amines) is 2. The van der Waals surface area contributed by atoms with E-state index in [1.54, 1.807) is 6.92 Å². The number of rotatable bonds is 6. The van der Waals surface area contributed by atoms with Crippen LogP contribution < -0.4 is 0 Å². The van der Waals surface area contributed by atoms with Crippen LogP contribution in [0.15, 0.2) is 24.3 Å². The zero-order valence-corrected chi connectivity index (χ0v) is 28.0. The van der Waals surface area contributed by atoms with Gasteiger partial charge in [0, 0.05) is 48.7 Å². The summed E-state index contributed by atoms with van der Waals surface area (Å²) < 4.78 is 0. The van der Waals surface area contributed by atoms with Crippen LogP contribution in [0.1, 0.15) is 99.0 Å². The minimum atomic E-state index is -0.872. The van der Waals surface area contributed by atoms with E-state index in [0.717, 1.165) is 50.8 Å². The topological polar surface area (TPSA) is 64.1 Å². The molecular formula is C33H53Cl2N3O3. The van der Waals surface area contributed by atoms with Crippen molar-refractivity contribution in [3.63, 3.8) is 0 Å². The van der Waals surface area contributed by atoms with Gasteiger partial charge in [0.1, 0.15) is 0 Å². The Morgan fingerprint density at radius 2 is 1.56 bits per heavy atom. The van der Waals surface area contributed by atoms with Gasteiger partial charge < -0.3 is 14.9 Å². The summed E-state index contributed by atoms with van der Waals surface area (Å²) in [6, 6.07) is 8.11. The molecule has 1 aliphatic carbocycles. The molecule has 232 valence electrons. The van der Waals surface area contributed by atoms with Gasteiger partial charge in [-0.15, -0.1) is 12.4 Å². The standard InChI is InChI=1S/C33H52ClN3O3.ClH/c1-22(38)33(7,8)30(40)37(25-13-16-32(5,6)17-14-25)26-15-18-35(19-26)29(39)28-21-36(31(2,3)4)20-27(28)23-9-11-24(34)12-10-23;/h9-12,22,25-28,38H,13-21H2,1-8H3;1H/t22?,26-,27-,28?;/m0./s1. The van der Waals surface area contributed by atoms with Crippen molar-refractivity contribution in [1.82, 2.24) is 14.7 Å². The van der Waals surface area contributed by atoms with Gasteiger partial charge in [0.15, 0.2) is 0 Å². The Morgan fingerprint density at radius 1 is 0.976 bits per heavy atom. The summed E-state index contributed by atoms with van der Waals surface area (Å²) in [6.07, 6.45) is 4.15. The maximum Gasteiger partial charge on any atom is 0.231 e. The maximum atomic E-state index is 14.2. The molecule has 3 aliphatic rings. The highest BCUT2D eigenvalue weighted by Gasteiger charge is 2.48. The number of halogens is 2. The molecular weight excluding hydrogens is 557 g/mol. The first kappa shape index (κ1) is 34.2. The molecule has 1 N–H and O–H groups in total. The minimum Gasteiger partial charge on any atom is -0.392 e. The third-order valence-corrected chi connectivity index (χ3v) is 10.5. The van der Waals surface area contributed by atoms with Crippen LogP contribution in [0.5, 0.6) is 0 Å². The molecule has 2 heterocycles. The zero-order chi connectivity index (χ0) is 29.6. The van der Waals surface area contributed by atoms with E-state index in [4.69, 9.17) is 11.6 Å². The Hall–Kier alpha value is -1.34. The van der Waals surface area contributed by atoms with Gasteiger partial charge >= 0.3 is 0 Å². The largest absolute Gasteiger partial charge is 0.392 e. The van der Waals surface area contributed by atoms with Crippen LogP contribution in [0.3, 0.4) is 0 Å². The van der Waals surface area contributed by atoms with Gasteiger partial charge in [-0.25, -0.2) is 0 Å².